The Hall–Kier alpha value is -2.22. The first-order chi connectivity index (χ1) is 13.5. The zero-order chi connectivity index (χ0) is 20.1. The molecule has 2 N–H and O–H groups in total. The van der Waals surface area contributed by atoms with Gasteiger partial charge in [-0.15, -0.1) is 11.3 Å². The van der Waals surface area contributed by atoms with Crippen LogP contribution in [0.25, 0.3) is 0 Å². The molecular formula is C20H28N4O3S. The second kappa shape index (κ2) is 9.32. The predicted molar refractivity (Wildman–Crippen MR) is 109 cm³/mol. The number of amides is 3. The van der Waals surface area contributed by atoms with Crippen molar-refractivity contribution in [3.63, 3.8) is 0 Å². The van der Waals surface area contributed by atoms with E-state index in [0.717, 1.165) is 29.7 Å². The van der Waals surface area contributed by atoms with Gasteiger partial charge in [-0.3, -0.25) is 14.4 Å². The third-order valence-corrected chi connectivity index (χ3v) is 6.41. The Morgan fingerprint density at radius 3 is 2.82 bits per heavy atom. The van der Waals surface area contributed by atoms with E-state index >= 15 is 0 Å². The molecule has 152 valence electrons. The van der Waals surface area contributed by atoms with Gasteiger partial charge in [0.05, 0.1) is 5.92 Å². The van der Waals surface area contributed by atoms with E-state index in [0.29, 0.717) is 37.0 Å². The summed E-state index contributed by atoms with van der Waals surface area (Å²) in [4.78, 5) is 43.7. The van der Waals surface area contributed by atoms with Crippen LogP contribution in [0.4, 0.5) is 5.13 Å². The van der Waals surface area contributed by atoms with Gasteiger partial charge < -0.3 is 15.5 Å². The highest BCUT2D eigenvalue weighted by atomic mass is 32.1. The molecule has 28 heavy (non-hydrogen) atoms. The van der Waals surface area contributed by atoms with Gasteiger partial charge in [-0.25, -0.2) is 4.98 Å². The molecule has 2 fully saturated rings. The second-order valence-electron chi connectivity index (χ2n) is 7.81. The number of aryl methyl sites for hydroxylation is 1. The van der Waals surface area contributed by atoms with Gasteiger partial charge in [-0.1, -0.05) is 37.8 Å². The fourth-order valence-corrected chi connectivity index (χ4v) is 4.88. The minimum atomic E-state index is -0.577. The molecule has 1 aromatic heterocycles. The van der Waals surface area contributed by atoms with Crippen LogP contribution in [0.5, 0.6) is 0 Å². The van der Waals surface area contributed by atoms with Crippen molar-refractivity contribution >= 4 is 34.7 Å². The third kappa shape index (κ3) is 4.98. The van der Waals surface area contributed by atoms with Crippen molar-refractivity contribution in [1.29, 1.82) is 0 Å². The van der Waals surface area contributed by atoms with Gasteiger partial charge in [-0.2, -0.15) is 0 Å². The number of nitrogens with one attached hydrogen (secondary N) is 2. The van der Waals surface area contributed by atoms with Crippen LogP contribution in [-0.4, -0.2) is 47.2 Å². The Morgan fingerprint density at radius 2 is 2.18 bits per heavy atom. The Morgan fingerprint density at radius 1 is 1.43 bits per heavy atom. The normalized spacial score (nSPS) is 21.0. The van der Waals surface area contributed by atoms with Gasteiger partial charge in [0.25, 0.3) is 0 Å². The van der Waals surface area contributed by atoms with E-state index in [1.165, 1.54) is 24.2 Å². The lowest BCUT2D eigenvalue weighted by Gasteiger charge is -2.29. The van der Waals surface area contributed by atoms with Crippen molar-refractivity contribution in [2.24, 2.45) is 11.8 Å². The van der Waals surface area contributed by atoms with Crippen molar-refractivity contribution in [1.82, 2.24) is 15.2 Å². The summed E-state index contributed by atoms with van der Waals surface area (Å²) >= 11 is 1.41. The molecule has 1 aliphatic heterocycles. The topological polar surface area (TPSA) is 91.4 Å². The van der Waals surface area contributed by atoms with Crippen LogP contribution in [0.15, 0.2) is 18.3 Å². The van der Waals surface area contributed by atoms with E-state index in [9.17, 15) is 14.4 Å². The summed E-state index contributed by atoms with van der Waals surface area (Å²) in [5, 5.41) is 6.03. The summed E-state index contributed by atoms with van der Waals surface area (Å²) in [7, 11) is 0. The molecule has 1 saturated heterocycles. The van der Waals surface area contributed by atoms with E-state index in [-0.39, 0.29) is 17.7 Å². The average Bonchev–Trinajstić information content (AvgIpc) is 3.40. The maximum absolute atomic E-state index is 13.3. The number of likely N-dealkylation sites (tertiary alicyclic amines) is 1. The van der Waals surface area contributed by atoms with Crippen LogP contribution < -0.4 is 10.6 Å². The number of aromatic nitrogens is 1. The van der Waals surface area contributed by atoms with E-state index < -0.39 is 6.04 Å². The van der Waals surface area contributed by atoms with Gasteiger partial charge in [0.1, 0.15) is 6.04 Å². The molecule has 2 heterocycles. The first-order valence-electron chi connectivity index (χ1n) is 9.85. The lowest BCUT2D eigenvalue weighted by atomic mass is 9.91. The Balaban J connectivity index is 1.70. The first-order valence-corrected chi connectivity index (χ1v) is 10.7. The van der Waals surface area contributed by atoms with Gasteiger partial charge in [0.2, 0.25) is 18.2 Å². The van der Waals surface area contributed by atoms with Gasteiger partial charge >= 0.3 is 0 Å². The van der Waals surface area contributed by atoms with Gasteiger partial charge in [0.15, 0.2) is 5.13 Å². The highest BCUT2D eigenvalue weighted by molar-refractivity contribution is 7.15. The van der Waals surface area contributed by atoms with E-state index in [2.05, 4.69) is 22.2 Å². The highest BCUT2D eigenvalue weighted by Gasteiger charge is 2.39. The summed E-state index contributed by atoms with van der Waals surface area (Å²) in [5.74, 6) is -0.102. The SMILES string of the molecule is C=C1C[C@@H](C(=O)Nc2ncc(C)s2)N(C(=O)[C@@H](CNC=O)CC2CCCC2)C1. The van der Waals surface area contributed by atoms with E-state index in [1.807, 2.05) is 6.92 Å². The standard InChI is InChI=1S/C20H28N4O3S/c1-13-7-17(18(26)23-20-22-9-14(2)28-20)24(11-13)19(27)16(10-21-12-25)8-15-5-3-4-6-15/h9,12,15-17H,1,3-8,10-11H2,2H3,(H,21,25)(H,22,23,26)/t16-,17+/m1/s1. The lowest BCUT2D eigenvalue weighted by Crippen LogP contribution is -2.47. The number of thiazole rings is 1. The number of hydrogen-bond acceptors (Lipinski definition) is 5. The monoisotopic (exact) mass is 404 g/mol. The summed E-state index contributed by atoms with van der Waals surface area (Å²) in [6, 6.07) is -0.577. The second-order valence-corrected chi connectivity index (χ2v) is 9.05. The number of hydrogen-bond donors (Lipinski definition) is 2. The largest absolute Gasteiger partial charge is 0.358 e. The summed E-state index contributed by atoms with van der Waals surface area (Å²) < 4.78 is 0. The molecule has 7 nitrogen and oxygen atoms in total. The molecule has 8 heteroatoms. The number of nitrogens with zero attached hydrogens (tertiary/aromatic N) is 2. The molecule has 0 bridgehead atoms. The van der Waals surface area contributed by atoms with Crippen LogP contribution >= 0.6 is 11.3 Å². The maximum atomic E-state index is 13.3. The quantitative estimate of drug-likeness (QED) is 0.514. The lowest BCUT2D eigenvalue weighted by molar-refractivity contribution is -0.140. The van der Waals surface area contributed by atoms with E-state index in [1.54, 1.807) is 11.1 Å². The molecule has 3 amide bonds. The fourth-order valence-electron chi connectivity index (χ4n) is 4.21. The van der Waals surface area contributed by atoms with E-state index in [4.69, 9.17) is 0 Å². The van der Waals surface area contributed by atoms with Crippen molar-refractivity contribution < 1.29 is 14.4 Å². The predicted octanol–water partition coefficient (Wildman–Crippen LogP) is 2.49. The summed E-state index contributed by atoms with van der Waals surface area (Å²) in [6.45, 7) is 6.61. The molecular weight excluding hydrogens is 376 g/mol. The van der Waals surface area contributed by atoms with Crippen LogP contribution in [0.2, 0.25) is 0 Å². The first kappa shape index (κ1) is 20.5. The summed E-state index contributed by atoms with van der Waals surface area (Å²) in [5.41, 5.74) is 0.867. The molecule has 3 rings (SSSR count). The number of anilines is 1. The smallest absolute Gasteiger partial charge is 0.249 e. The fraction of sp³-hybridized carbons (Fsp3) is 0.600. The van der Waals surface area contributed by atoms with Crippen LogP contribution in [0.1, 0.15) is 43.4 Å². The number of carbonyl (C=O) groups is 3. The molecule has 0 unspecified atom stereocenters. The third-order valence-electron chi connectivity index (χ3n) is 5.58. The van der Waals surface area contributed by atoms with Gasteiger partial charge in [0, 0.05) is 24.2 Å². The average molecular weight is 405 g/mol. The van der Waals surface area contributed by atoms with Crippen LogP contribution in [0.3, 0.4) is 0 Å². The molecule has 2 atom stereocenters. The molecule has 1 aromatic rings. The Bertz CT molecular complexity index is 742. The molecule has 2 aliphatic rings. The maximum Gasteiger partial charge on any atom is 0.249 e. The van der Waals surface area contributed by atoms with Crippen LogP contribution in [-0.2, 0) is 14.4 Å². The molecule has 1 saturated carbocycles. The molecule has 0 spiro atoms. The Kier molecular flexibility index (Phi) is 6.83. The number of carbonyl (C=O) groups excluding carboxylic acids is 3. The van der Waals surface area contributed by atoms with Crippen molar-refractivity contribution in [2.75, 3.05) is 18.4 Å². The van der Waals surface area contributed by atoms with Crippen molar-refractivity contribution in [2.45, 2.75) is 51.5 Å². The molecule has 0 aromatic carbocycles. The van der Waals surface area contributed by atoms with Crippen LogP contribution in [0, 0.1) is 18.8 Å². The minimum Gasteiger partial charge on any atom is -0.358 e. The summed E-state index contributed by atoms with van der Waals surface area (Å²) in [6.07, 6.45) is 8.21. The molecule has 1 aliphatic carbocycles. The minimum absolute atomic E-state index is 0.0737. The Labute approximate surface area is 169 Å². The molecule has 0 radical (unpaired) electrons. The number of rotatable bonds is 8. The zero-order valence-corrected chi connectivity index (χ0v) is 17.1. The van der Waals surface area contributed by atoms with Gasteiger partial charge in [-0.05, 0) is 25.7 Å². The van der Waals surface area contributed by atoms with Crippen molar-refractivity contribution in [3.05, 3.63) is 23.2 Å². The highest BCUT2D eigenvalue weighted by Crippen LogP contribution is 2.32. The van der Waals surface area contributed by atoms with Crippen molar-refractivity contribution in [3.8, 4) is 0 Å². The zero-order valence-electron chi connectivity index (χ0n) is 16.3.